The van der Waals surface area contributed by atoms with E-state index in [1.807, 2.05) is 6.07 Å². The average molecular weight is 207 g/mol. The largest absolute Gasteiger partial charge is 0.379 e. The van der Waals surface area contributed by atoms with Gasteiger partial charge in [0.1, 0.15) is 0 Å². The third-order valence-corrected chi connectivity index (χ3v) is 2.68. The van der Waals surface area contributed by atoms with E-state index in [1.54, 1.807) is 6.20 Å². The van der Waals surface area contributed by atoms with Gasteiger partial charge in [-0.1, -0.05) is 6.07 Å². The summed E-state index contributed by atoms with van der Waals surface area (Å²) in [5.41, 5.74) is 7.89. The van der Waals surface area contributed by atoms with Crippen molar-refractivity contribution in [2.75, 3.05) is 26.3 Å². The molecule has 15 heavy (non-hydrogen) atoms. The number of morpholine rings is 1. The van der Waals surface area contributed by atoms with E-state index >= 15 is 0 Å². The summed E-state index contributed by atoms with van der Waals surface area (Å²) >= 11 is 0. The van der Waals surface area contributed by atoms with Crippen LogP contribution in [0.1, 0.15) is 11.3 Å². The zero-order valence-electron chi connectivity index (χ0n) is 8.85. The second-order valence-corrected chi connectivity index (χ2v) is 3.70. The Balaban J connectivity index is 2.02. The molecule has 1 fully saturated rings. The lowest BCUT2D eigenvalue weighted by molar-refractivity contribution is 0.0340. The summed E-state index contributed by atoms with van der Waals surface area (Å²) < 4.78 is 5.31. The highest BCUT2D eigenvalue weighted by molar-refractivity contribution is 5.19. The zero-order valence-corrected chi connectivity index (χ0v) is 8.85. The fourth-order valence-electron chi connectivity index (χ4n) is 1.80. The van der Waals surface area contributed by atoms with Gasteiger partial charge in [0.25, 0.3) is 0 Å². The second-order valence-electron chi connectivity index (χ2n) is 3.70. The summed E-state index contributed by atoms with van der Waals surface area (Å²) in [5.74, 6) is 0. The molecule has 2 heterocycles. The van der Waals surface area contributed by atoms with Crippen molar-refractivity contribution in [1.82, 2.24) is 9.88 Å². The summed E-state index contributed by atoms with van der Waals surface area (Å²) in [6.07, 6.45) is 1.80. The van der Waals surface area contributed by atoms with E-state index in [2.05, 4.69) is 16.0 Å². The van der Waals surface area contributed by atoms with E-state index in [0.29, 0.717) is 6.54 Å². The number of hydrogen-bond acceptors (Lipinski definition) is 4. The predicted octanol–water partition coefficient (Wildman–Crippen LogP) is 0.372. The molecule has 4 heteroatoms. The van der Waals surface area contributed by atoms with Gasteiger partial charge in [-0.15, -0.1) is 0 Å². The molecule has 1 aromatic rings. The third kappa shape index (κ3) is 2.75. The summed E-state index contributed by atoms with van der Waals surface area (Å²) in [6.45, 7) is 5.11. The van der Waals surface area contributed by atoms with Crippen molar-refractivity contribution in [3.05, 3.63) is 29.6 Å². The molecule has 0 aliphatic carbocycles. The molecule has 0 amide bonds. The Morgan fingerprint density at radius 3 is 2.93 bits per heavy atom. The highest BCUT2D eigenvalue weighted by atomic mass is 16.5. The number of nitrogens with zero attached hydrogens (tertiary/aromatic N) is 2. The Morgan fingerprint density at radius 2 is 2.20 bits per heavy atom. The van der Waals surface area contributed by atoms with Crippen LogP contribution in [0.25, 0.3) is 0 Å². The van der Waals surface area contributed by atoms with E-state index in [4.69, 9.17) is 10.5 Å². The van der Waals surface area contributed by atoms with Crippen LogP contribution in [-0.4, -0.2) is 36.2 Å². The number of nitrogens with two attached hydrogens (primary N) is 1. The minimum atomic E-state index is 0.514. The molecule has 1 saturated heterocycles. The molecule has 2 N–H and O–H groups in total. The molecular formula is C11H17N3O. The minimum absolute atomic E-state index is 0.514. The van der Waals surface area contributed by atoms with E-state index in [-0.39, 0.29) is 0 Å². The Kier molecular flexibility index (Phi) is 3.66. The SMILES string of the molecule is NCc1ncccc1CN1CCOCC1. The quantitative estimate of drug-likeness (QED) is 0.778. The first-order valence-corrected chi connectivity index (χ1v) is 5.33. The Labute approximate surface area is 90.0 Å². The zero-order chi connectivity index (χ0) is 10.5. The van der Waals surface area contributed by atoms with Gasteiger partial charge in [-0.2, -0.15) is 0 Å². The van der Waals surface area contributed by atoms with Crippen LogP contribution in [0.3, 0.4) is 0 Å². The molecular weight excluding hydrogens is 190 g/mol. The Morgan fingerprint density at radius 1 is 1.40 bits per heavy atom. The van der Waals surface area contributed by atoms with Gasteiger partial charge in [-0.05, 0) is 11.6 Å². The number of rotatable bonds is 3. The average Bonchev–Trinajstić information content (AvgIpc) is 2.31. The molecule has 0 radical (unpaired) electrons. The maximum atomic E-state index is 5.65. The van der Waals surface area contributed by atoms with Gasteiger partial charge in [0, 0.05) is 32.4 Å². The lowest BCUT2D eigenvalue weighted by Gasteiger charge is -2.27. The molecule has 0 aromatic carbocycles. The maximum Gasteiger partial charge on any atom is 0.0594 e. The summed E-state index contributed by atoms with van der Waals surface area (Å²) in [6, 6.07) is 4.07. The van der Waals surface area contributed by atoms with Crippen molar-refractivity contribution in [2.24, 2.45) is 5.73 Å². The molecule has 0 spiro atoms. The van der Waals surface area contributed by atoms with Crippen molar-refractivity contribution < 1.29 is 4.74 Å². The fraction of sp³-hybridized carbons (Fsp3) is 0.545. The highest BCUT2D eigenvalue weighted by Crippen LogP contribution is 2.09. The molecule has 0 atom stereocenters. The van der Waals surface area contributed by atoms with E-state index in [1.165, 1.54) is 5.56 Å². The van der Waals surface area contributed by atoms with Crippen LogP contribution in [0.15, 0.2) is 18.3 Å². The molecule has 0 saturated carbocycles. The van der Waals surface area contributed by atoms with Gasteiger partial charge >= 0.3 is 0 Å². The van der Waals surface area contributed by atoms with Gasteiger partial charge < -0.3 is 10.5 Å². The predicted molar refractivity (Wildman–Crippen MR) is 58.2 cm³/mol. The van der Waals surface area contributed by atoms with Crippen molar-refractivity contribution in [3.8, 4) is 0 Å². The number of ether oxygens (including phenoxy) is 1. The number of hydrogen-bond donors (Lipinski definition) is 1. The number of aromatic nitrogens is 1. The van der Waals surface area contributed by atoms with Crippen LogP contribution >= 0.6 is 0 Å². The smallest absolute Gasteiger partial charge is 0.0594 e. The molecule has 82 valence electrons. The highest BCUT2D eigenvalue weighted by Gasteiger charge is 2.12. The molecule has 1 aliphatic rings. The topological polar surface area (TPSA) is 51.4 Å². The monoisotopic (exact) mass is 207 g/mol. The molecule has 2 rings (SSSR count). The van der Waals surface area contributed by atoms with Crippen LogP contribution in [0.2, 0.25) is 0 Å². The minimum Gasteiger partial charge on any atom is -0.379 e. The Hall–Kier alpha value is -0.970. The molecule has 4 nitrogen and oxygen atoms in total. The fourth-order valence-corrected chi connectivity index (χ4v) is 1.80. The van der Waals surface area contributed by atoms with Crippen molar-refractivity contribution >= 4 is 0 Å². The second kappa shape index (κ2) is 5.21. The van der Waals surface area contributed by atoms with Crippen molar-refractivity contribution in [2.45, 2.75) is 13.1 Å². The van der Waals surface area contributed by atoms with E-state index in [9.17, 15) is 0 Å². The first-order valence-electron chi connectivity index (χ1n) is 5.33. The number of pyridine rings is 1. The van der Waals surface area contributed by atoms with Crippen LogP contribution < -0.4 is 5.73 Å². The van der Waals surface area contributed by atoms with Crippen molar-refractivity contribution in [3.63, 3.8) is 0 Å². The maximum absolute atomic E-state index is 5.65. The van der Waals surface area contributed by atoms with Gasteiger partial charge in [0.2, 0.25) is 0 Å². The first-order chi connectivity index (χ1) is 7.40. The van der Waals surface area contributed by atoms with E-state index < -0.39 is 0 Å². The van der Waals surface area contributed by atoms with Crippen LogP contribution in [0.5, 0.6) is 0 Å². The molecule has 1 aliphatic heterocycles. The van der Waals surface area contributed by atoms with Gasteiger partial charge in [-0.3, -0.25) is 9.88 Å². The van der Waals surface area contributed by atoms with Crippen LogP contribution in [-0.2, 0) is 17.8 Å². The normalized spacial score (nSPS) is 17.9. The van der Waals surface area contributed by atoms with Crippen molar-refractivity contribution in [1.29, 1.82) is 0 Å². The molecule has 1 aromatic heterocycles. The van der Waals surface area contributed by atoms with Gasteiger partial charge in [0.15, 0.2) is 0 Å². The Bertz CT molecular complexity index is 310. The molecule has 0 bridgehead atoms. The molecule has 0 unspecified atom stereocenters. The van der Waals surface area contributed by atoms with Gasteiger partial charge in [-0.25, -0.2) is 0 Å². The lowest BCUT2D eigenvalue weighted by Crippen LogP contribution is -2.36. The van der Waals surface area contributed by atoms with Gasteiger partial charge in [0.05, 0.1) is 18.9 Å². The van der Waals surface area contributed by atoms with Crippen LogP contribution in [0.4, 0.5) is 0 Å². The lowest BCUT2D eigenvalue weighted by atomic mass is 10.1. The summed E-state index contributed by atoms with van der Waals surface area (Å²) in [7, 11) is 0. The van der Waals surface area contributed by atoms with E-state index in [0.717, 1.165) is 38.5 Å². The summed E-state index contributed by atoms with van der Waals surface area (Å²) in [4.78, 5) is 6.65. The third-order valence-electron chi connectivity index (χ3n) is 2.68. The van der Waals surface area contributed by atoms with Crippen LogP contribution in [0, 0.1) is 0 Å². The first kappa shape index (κ1) is 10.5. The standard InChI is InChI=1S/C11H17N3O/c12-8-11-10(2-1-3-13-11)9-14-4-6-15-7-5-14/h1-3H,4-9,12H2. The summed E-state index contributed by atoms with van der Waals surface area (Å²) in [5, 5.41) is 0.